The number of benzene rings is 2. The smallest absolute Gasteiger partial charge is 0.274 e. The molecule has 0 saturated heterocycles. The van der Waals surface area contributed by atoms with Crippen molar-refractivity contribution in [2.24, 2.45) is 5.41 Å². The van der Waals surface area contributed by atoms with Crippen LogP contribution in [0.3, 0.4) is 0 Å². The molecule has 1 aliphatic carbocycles. The predicted molar refractivity (Wildman–Crippen MR) is 89.4 cm³/mol. The third kappa shape index (κ3) is 2.70. The van der Waals surface area contributed by atoms with Gasteiger partial charge in [-0.2, -0.15) is 0 Å². The molecule has 2 aromatic rings. The molecule has 0 heterocycles. The second kappa shape index (κ2) is 5.19. The molecule has 5 heteroatoms. The summed E-state index contributed by atoms with van der Waals surface area (Å²) >= 11 is 0. The van der Waals surface area contributed by atoms with Gasteiger partial charge in [-0.25, -0.2) is 0 Å². The zero-order valence-electron chi connectivity index (χ0n) is 13.3. The lowest BCUT2D eigenvalue weighted by atomic mass is 9.89. The molecule has 0 bridgehead atoms. The maximum absolute atomic E-state index is 12.2. The normalized spacial score (nSPS) is 15.3. The van der Waals surface area contributed by atoms with Gasteiger partial charge in [-0.05, 0) is 43.2 Å². The Balaban J connectivity index is 1.90. The first kappa shape index (κ1) is 15.2. The lowest BCUT2D eigenvalue weighted by Crippen LogP contribution is -2.18. The second-order valence-corrected chi connectivity index (χ2v) is 6.65. The number of nitrogens with zero attached hydrogens (tertiary/aromatic N) is 1. The quantitative estimate of drug-likeness (QED) is 0.673. The van der Waals surface area contributed by atoms with E-state index in [1.54, 1.807) is 13.0 Å². The molecule has 23 heavy (non-hydrogen) atoms. The van der Waals surface area contributed by atoms with Crippen LogP contribution in [0.15, 0.2) is 36.4 Å². The third-order valence-electron chi connectivity index (χ3n) is 4.29. The van der Waals surface area contributed by atoms with Crippen molar-refractivity contribution in [1.29, 1.82) is 0 Å². The van der Waals surface area contributed by atoms with Crippen LogP contribution in [0.4, 0.5) is 17.1 Å². The van der Waals surface area contributed by atoms with Crippen molar-refractivity contribution in [3.63, 3.8) is 0 Å². The fraction of sp³-hybridized carbons (Fsp3) is 0.278. The molecule has 0 spiro atoms. The first-order chi connectivity index (χ1) is 10.8. The van der Waals surface area contributed by atoms with Gasteiger partial charge in [-0.1, -0.05) is 19.9 Å². The fourth-order valence-electron chi connectivity index (χ4n) is 3.01. The number of nitrogens with one attached hydrogen (secondary N) is 1. The Bertz CT molecular complexity index is 825. The number of Topliss-reactive ketones (excluding diaryl/α,β-unsaturated/α-hetero) is 1. The fourth-order valence-corrected chi connectivity index (χ4v) is 3.01. The molecule has 1 N–H and O–H groups in total. The van der Waals surface area contributed by atoms with E-state index in [-0.39, 0.29) is 21.8 Å². The van der Waals surface area contributed by atoms with Crippen molar-refractivity contribution in [3.05, 3.63) is 63.2 Å². The molecule has 0 saturated carbocycles. The monoisotopic (exact) mass is 310 g/mol. The van der Waals surface area contributed by atoms with Crippen LogP contribution in [0, 0.1) is 22.5 Å². The summed E-state index contributed by atoms with van der Waals surface area (Å²) in [5.41, 5.74) is 3.64. The predicted octanol–water partition coefficient (Wildman–Crippen LogP) is 4.41. The van der Waals surface area contributed by atoms with Gasteiger partial charge in [-0.15, -0.1) is 0 Å². The number of hydrogen-bond donors (Lipinski definition) is 1. The van der Waals surface area contributed by atoms with E-state index >= 15 is 0 Å². The summed E-state index contributed by atoms with van der Waals surface area (Å²) in [5, 5.41) is 14.2. The number of hydrogen-bond acceptors (Lipinski definition) is 4. The highest BCUT2D eigenvalue weighted by atomic mass is 16.6. The van der Waals surface area contributed by atoms with E-state index in [1.807, 2.05) is 38.1 Å². The van der Waals surface area contributed by atoms with Crippen LogP contribution in [0.1, 0.15) is 35.3 Å². The molecule has 2 aromatic carbocycles. The number of nitro groups is 1. The number of carbonyl (C=O) groups is 1. The third-order valence-corrected chi connectivity index (χ3v) is 4.29. The van der Waals surface area contributed by atoms with Gasteiger partial charge < -0.3 is 5.32 Å². The number of anilines is 2. The largest absolute Gasteiger partial charge is 0.355 e. The summed E-state index contributed by atoms with van der Waals surface area (Å²) in [7, 11) is 0. The highest BCUT2D eigenvalue weighted by Crippen LogP contribution is 2.37. The Hall–Kier alpha value is -2.69. The molecule has 0 amide bonds. The van der Waals surface area contributed by atoms with Gasteiger partial charge in [0.1, 0.15) is 0 Å². The minimum absolute atomic E-state index is 0.0903. The first-order valence-corrected chi connectivity index (χ1v) is 7.48. The highest BCUT2D eigenvalue weighted by Gasteiger charge is 2.37. The van der Waals surface area contributed by atoms with E-state index in [0.29, 0.717) is 17.7 Å². The Morgan fingerprint density at radius 3 is 2.48 bits per heavy atom. The molecular weight excluding hydrogens is 292 g/mol. The average Bonchev–Trinajstić information content (AvgIpc) is 2.70. The maximum Gasteiger partial charge on any atom is 0.274 e. The summed E-state index contributed by atoms with van der Waals surface area (Å²) < 4.78 is 0. The topological polar surface area (TPSA) is 72.2 Å². The van der Waals surface area contributed by atoms with Crippen molar-refractivity contribution in [1.82, 2.24) is 0 Å². The van der Waals surface area contributed by atoms with E-state index in [2.05, 4.69) is 5.32 Å². The summed E-state index contributed by atoms with van der Waals surface area (Å²) in [4.78, 5) is 22.9. The highest BCUT2D eigenvalue weighted by molar-refractivity contribution is 6.04. The Morgan fingerprint density at radius 1 is 1.13 bits per heavy atom. The molecule has 0 aliphatic heterocycles. The van der Waals surface area contributed by atoms with E-state index in [4.69, 9.17) is 0 Å². The minimum Gasteiger partial charge on any atom is -0.355 e. The number of nitro benzene ring substituents is 1. The van der Waals surface area contributed by atoms with Gasteiger partial charge in [0.15, 0.2) is 5.78 Å². The van der Waals surface area contributed by atoms with E-state index < -0.39 is 0 Å². The molecule has 0 radical (unpaired) electrons. The number of carbonyl (C=O) groups excluding carboxylic acids is 1. The van der Waals surface area contributed by atoms with E-state index in [0.717, 1.165) is 16.8 Å². The van der Waals surface area contributed by atoms with Crippen molar-refractivity contribution < 1.29 is 9.72 Å². The van der Waals surface area contributed by atoms with Crippen LogP contribution in [0.25, 0.3) is 0 Å². The Kier molecular flexibility index (Phi) is 3.43. The number of fused-ring (bicyclic) bond motifs is 1. The Morgan fingerprint density at radius 2 is 1.78 bits per heavy atom. The van der Waals surface area contributed by atoms with Crippen LogP contribution >= 0.6 is 0 Å². The lowest BCUT2D eigenvalue weighted by Gasteiger charge is -2.13. The van der Waals surface area contributed by atoms with Gasteiger partial charge in [0.05, 0.1) is 4.92 Å². The van der Waals surface area contributed by atoms with Crippen LogP contribution in [0.5, 0.6) is 0 Å². The maximum atomic E-state index is 12.2. The van der Waals surface area contributed by atoms with Gasteiger partial charge in [0.25, 0.3) is 5.69 Å². The van der Waals surface area contributed by atoms with E-state index in [9.17, 15) is 14.9 Å². The van der Waals surface area contributed by atoms with Gasteiger partial charge in [0, 0.05) is 34.0 Å². The van der Waals surface area contributed by atoms with Crippen molar-refractivity contribution in [2.75, 3.05) is 5.32 Å². The molecular formula is C18H18N2O3. The SMILES string of the molecule is Cc1ccc(Nc2ccc3c(c2)CC(C)(C)C3=O)cc1[N+](=O)[O-]. The molecule has 0 aromatic heterocycles. The molecule has 118 valence electrons. The summed E-state index contributed by atoms with van der Waals surface area (Å²) in [6, 6.07) is 10.7. The molecule has 0 fully saturated rings. The summed E-state index contributed by atoms with van der Waals surface area (Å²) in [5.74, 6) is 0.171. The average molecular weight is 310 g/mol. The van der Waals surface area contributed by atoms with E-state index in [1.165, 1.54) is 6.07 Å². The molecule has 5 nitrogen and oxygen atoms in total. The van der Waals surface area contributed by atoms with Gasteiger partial charge in [0.2, 0.25) is 0 Å². The van der Waals surface area contributed by atoms with Gasteiger partial charge >= 0.3 is 0 Å². The molecule has 0 atom stereocenters. The van der Waals surface area contributed by atoms with Crippen molar-refractivity contribution in [3.8, 4) is 0 Å². The Labute approximate surface area is 134 Å². The minimum atomic E-state index is -0.385. The van der Waals surface area contributed by atoms with Crippen molar-refractivity contribution >= 4 is 22.8 Å². The van der Waals surface area contributed by atoms with Crippen LogP contribution < -0.4 is 5.32 Å². The lowest BCUT2D eigenvalue weighted by molar-refractivity contribution is -0.385. The number of ketones is 1. The molecule has 1 aliphatic rings. The number of aryl methyl sites for hydroxylation is 1. The zero-order valence-corrected chi connectivity index (χ0v) is 13.3. The summed E-state index contributed by atoms with van der Waals surface area (Å²) in [6.45, 7) is 5.61. The standard InChI is InChI=1S/C18H18N2O3/c1-11-4-5-14(9-16(11)20(22)23)19-13-6-7-15-12(8-13)10-18(2,3)17(15)21/h4-9,19H,10H2,1-3H3. The second-order valence-electron chi connectivity index (χ2n) is 6.65. The molecule has 0 unspecified atom stereocenters. The van der Waals surface area contributed by atoms with Crippen molar-refractivity contribution in [2.45, 2.75) is 27.2 Å². The zero-order chi connectivity index (χ0) is 16.8. The van der Waals surface area contributed by atoms with Crippen LogP contribution in [-0.2, 0) is 6.42 Å². The van der Waals surface area contributed by atoms with Crippen LogP contribution in [-0.4, -0.2) is 10.7 Å². The summed E-state index contributed by atoms with van der Waals surface area (Å²) in [6.07, 6.45) is 0.713. The number of rotatable bonds is 3. The van der Waals surface area contributed by atoms with Crippen LogP contribution in [0.2, 0.25) is 0 Å². The first-order valence-electron chi connectivity index (χ1n) is 7.48. The molecule has 3 rings (SSSR count). The van der Waals surface area contributed by atoms with Gasteiger partial charge in [-0.3, -0.25) is 14.9 Å².